The van der Waals surface area contributed by atoms with Crippen molar-refractivity contribution in [2.75, 3.05) is 11.7 Å². The van der Waals surface area contributed by atoms with E-state index in [2.05, 4.69) is 5.32 Å². The Hall–Kier alpha value is -4.40. The van der Waals surface area contributed by atoms with Crippen molar-refractivity contribution in [3.63, 3.8) is 0 Å². The molecule has 0 unspecified atom stereocenters. The molecular weight excluding hydrogens is 405 g/mol. The van der Waals surface area contributed by atoms with Crippen LogP contribution in [-0.2, 0) is 9.59 Å². The van der Waals surface area contributed by atoms with Gasteiger partial charge in [0.25, 0.3) is 11.8 Å². The molecule has 0 radical (unpaired) electrons. The maximum atomic E-state index is 13.3. The molecule has 0 bridgehead atoms. The first-order valence-electron chi connectivity index (χ1n) is 9.26. The number of aromatic nitrogens is 1. The van der Waals surface area contributed by atoms with Gasteiger partial charge in [0.05, 0.1) is 5.69 Å². The molecule has 4 amide bonds. The van der Waals surface area contributed by atoms with Crippen LogP contribution in [0.2, 0.25) is 0 Å². The SMILES string of the molecule is O=C1NC(=O)N(c2ccc3c(c2)OCO3)C(=O)/C1=C\c1cccn1-c1ccc(F)cc1. The Bertz CT molecular complexity index is 1260. The Morgan fingerprint density at radius 3 is 2.48 bits per heavy atom. The number of ether oxygens (including phenoxy) is 2. The summed E-state index contributed by atoms with van der Waals surface area (Å²) in [6, 6.07) is 12.9. The molecule has 1 fully saturated rings. The number of carbonyl (C=O) groups excluding carboxylic acids is 3. The number of benzene rings is 2. The van der Waals surface area contributed by atoms with E-state index in [1.54, 1.807) is 41.1 Å². The average Bonchev–Trinajstić information content (AvgIpc) is 3.40. The second kappa shape index (κ2) is 7.13. The normalized spacial score (nSPS) is 16.7. The van der Waals surface area contributed by atoms with Gasteiger partial charge in [-0.1, -0.05) is 0 Å². The number of amides is 4. The molecule has 0 saturated carbocycles. The van der Waals surface area contributed by atoms with Crippen molar-refractivity contribution in [3.05, 3.63) is 77.9 Å². The highest BCUT2D eigenvalue weighted by Crippen LogP contribution is 2.36. The minimum absolute atomic E-state index is 0.0446. The molecule has 2 aliphatic rings. The van der Waals surface area contributed by atoms with Crippen LogP contribution < -0.4 is 19.7 Å². The van der Waals surface area contributed by atoms with Crippen LogP contribution >= 0.6 is 0 Å². The largest absolute Gasteiger partial charge is 0.454 e. The van der Waals surface area contributed by atoms with Gasteiger partial charge >= 0.3 is 6.03 Å². The zero-order chi connectivity index (χ0) is 21.5. The number of carbonyl (C=O) groups is 3. The van der Waals surface area contributed by atoms with Crippen molar-refractivity contribution in [2.45, 2.75) is 0 Å². The Balaban J connectivity index is 1.53. The van der Waals surface area contributed by atoms with Crippen LogP contribution in [0.5, 0.6) is 11.5 Å². The molecule has 0 aliphatic carbocycles. The van der Waals surface area contributed by atoms with Gasteiger partial charge in [0.1, 0.15) is 11.4 Å². The predicted octanol–water partition coefficient (Wildman–Crippen LogP) is 3.01. The minimum atomic E-state index is -0.861. The standard InChI is InChI=1S/C22H14FN3O5/c23-13-3-5-14(6-4-13)25-9-1-2-15(25)10-17-20(27)24-22(29)26(21(17)28)16-7-8-18-19(11-16)31-12-30-18/h1-11H,12H2,(H,24,27,29)/b17-10-. The molecule has 1 aromatic heterocycles. The second-order valence-electron chi connectivity index (χ2n) is 6.77. The summed E-state index contributed by atoms with van der Waals surface area (Å²) in [6.45, 7) is 0.0446. The van der Waals surface area contributed by atoms with Gasteiger partial charge in [-0.15, -0.1) is 0 Å². The van der Waals surface area contributed by atoms with Crippen molar-refractivity contribution in [2.24, 2.45) is 0 Å². The van der Waals surface area contributed by atoms with Crippen molar-refractivity contribution in [1.82, 2.24) is 9.88 Å². The monoisotopic (exact) mass is 419 g/mol. The van der Waals surface area contributed by atoms with Gasteiger partial charge in [-0.3, -0.25) is 14.9 Å². The van der Waals surface area contributed by atoms with Crippen LogP contribution in [0.15, 0.2) is 66.4 Å². The molecule has 1 N–H and O–H groups in total. The molecule has 9 heteroatoms. The van der Waals surface area contributed by atoms with Gasteiger partial charge in [0.2, 0.25) is 6.79 Å². The molecule has 8 nitrogen and oxygen atoms in total. The first kappa shape index (κ1) is 18.6. The van der Waals surface area contributed by atoms with Crippen LogP contribution in [0.3, 0.4) is 0 Å². The van der Waals surface area contributed by atoms with Gasteiger partial charge in [-0.25, -0.2) is 14.1 Å². The molecule has 0 spiro atoms. The van der Waals surface area contributed by atoms with Crippen LogP contribution in [0, 0.1) is 5.82 Å². The minimum Gasteiger partial charge on any atom is -0.454 e. The van der Waals surface area contributed by atoms with E-state index in [4.69, 9.17) is 9.47 Å². The van der Waals surface area contributed by atoms with Crippen molar-refractivity contribution >= 4 is 29.6 Å². The highest BCUT2D eigenvalue weighted by atomic mass is 19.1. The number of nitrogens with zero attached hydrogens (tertiary/aromatic N) is 2. The van der Waals surface area contributed by atoms with Gasteiger partial charge < -0.3 is 14.0 Å². The van der Waals surface area contributed by atoms with Crippen molar-refractivity contribution in [3.8, 4) is 17.2 Å². The fourth-order valence-corrected chi connectivity index (χ4v) is 3.41. The number of hydrogen-bond acceptors (Lipinski definition) is 5. The number of halogens is 1. The summed E-state index contributed by atoms with van der Waals surface area (Å²) in [5.41, 5.74) is 1.16. The fourth-order valence-electron chi connectivity index (χ4n) is 3.41. The molecule has 3 heterocycles. The summed E-state index contributed by atoms with van der Waals surface area (Å²) in [6.07, 6.45) is 3.10. The van der Waals surface area contributed by atoms with E-state index in [0.717, 1.165) is 4.90 Å². The maximum absolute atomic E-state index is 13.3. The number of rotatable bonds is 3. The number of fused-ring (bicyclic) bond motifs is 1. The number of anilines is 1. The fraction of sp³-hybridized carbons (Fsp3) is 0.0455. The highest BCUT2D eigenvalue weighted by molar-refractivity contribution is 6.39. The summed E-state index contributed by atoms with van der Waals surface area (Å²) in [4.78, 5) is 38.8. The highest BCUT2D eigenvalue weighted by Gasteiger charge is 2.37. The van der Waals surface area contributed by atoms with Crippen LogP contribution in [0.25, 0.3) is 11.8 Å². The van der Waals surface area contributed by atoms with Crippen molar-refractivity contribution in [1.29, 1.82) is 0 Å². The lowest BCUT2D eigenvalue weighted by Crippen LogP contribution is -2.54. The lowest BCUT2D eigenvalue weighted by atomic mass is 10.1. The van der Waals surface area contributed by atoms with Crippen LogP contribution in [0.4, 0.5) is 14.9 Å². The first-order chi connectivity index (χ1) is 15.0. The van der Waals surface area contributed by atoms with Crippen LogP contribution in [-0.4, -0.2) is 29.2 Å². The van der Waals surface area contributed by atoms with E-state index >= 15 is 0 Å². The summed E-state index contributed by atoms with van der Waals surface area (Å²) in [5.74, 6) is -1.07. The predicted molar refractivity (Wildman–Crippen MR) is 107 cm³/mol. The molecular formula is C22H14FN3O5. The summed E-state index contributed by atoms with van der Waals surface area (Å²) in [5, 5.41) is 2.18. The second-order valence-corrected chi connectivity index (χ2v) is 6.77. The third-order valence-electron chi connectivity index (χ3n) is 4.89. The van der Waals surface area contributed by atoms with E-state index in [1.807, 2.05) is 0 Å². The van der Waals surface area contributed by atoms with Gasteiger partial charge in [0, 0.05) is 23.6 Å². The molecule has 5 rings (SSSR count). The van der Waals surface area contributed by atoms with Gasteiger partial charge in [-0.2, -0.15) is 0 Å². The number of barbiturate groups is 1. The topological polar surface area (TPSA) is 89.9 Å². The van der Waals surface area contributed by atoms with E-state index < -0.39 is 17.8 Å². The Kier molecular flexibility index (Phi) is 4.28. The summed E-state index contributed by atoms with van der Waals surface area (Å²) in [7, 11) is 0. The molecule has 1 saturated heterocycles. The zero-order valence-corrected chi connectivity index (χ0v) is 15.9. The van der Waals surface area contributed by atoms with E-state index in [-0.39, 0.29) is 23.9 Å². The summed E-state index contributed by atoms with van der Waals surface area (Å²) < 4.78 is 25.5. The molecule has 31 heavy (non-hydrogen) atoms. The lowest BCUT2D eigenvalue weighted by molar-refractivity contribution is -0.122. The molecule has 2 aromatic carbocycles. The first-order valence-corrected chi connectivity index (χ1v) is 9.26. The van der Waals surface area contributed by atoms with E-state index in [9.17, 15) is 18.8 Å². The zero-order valence-electron chi connectivity index (χ0n) is 15.9. The van der Waals surface area contributed by atoms with Crippen LogP contribution in [0.1, 0.15) is 5.69 Å². The third kappa shape index (κ3) is 3.21. The average molecular weight is 419 g/mol. The molecule has 0 atom stereocenters. The maximum Gasteiger partial charge on any atom is 0.335 e. The number of urea groups is 1. The Labute approximate surface area is 175 Å². The lowest BCUT2D eigenvalue weighted by Gasteiger charge is -2.26. The third-order valence-corrected chi connectivity index (χ3v) is 4.89. The molecule has 3 aromatic rings. The Morgan fingerprint density at radius 1 is 0.935 bits per heavy atom. The van der Waals surface area contributed by atoms with Crippen molar-refractivity contribution < 1.29 is 28.2 Å². The summed E-state index contributed by atoms with van der Waals surface area (Å²) >= 11 is 0. The van der Waals surface area contributed by atoms with Gasteiger partial charge in [0.15, 0.2) is 11.5 Å². The van der Waals surface area contributed by atoms with Gasteiger partial charge in [-0.05, 0) is 54.6 Å². The Morgan fingerprint density at radius 2 is 1.68 bits per heavy atom. The number of imide groups is 2. The number of hydrogen-bond donors (Lipinski definition) is 1. The quantitative estimate of drug-likeness (QED) is 0.521. The van der Waals surface area contributed by atoms with E-state index in [0.29, 0.717) is 22.9 Å². The molecule has 2 aliphatic heterocycles. The molecule has 154 valence electrons. The van der Waals surface area contributed by atoms with E-state index in [1.165, 1.54) is 30.3 Å². The number of nitrogens with one attached hydrogen (secondary N) is 1. The smallest absolute Gasteiger partial charge is 0.335 e.